The maximum Gasteiger partial charge on any atom is 0.337 e. The number of benzene rings is 1. The van der Waals surface area contributed by atoms with E-state index in [1.165, 1.54) is 24.8 Å². The number of para-hydroxylation sites is 1. The molecule has 1 aromatic carbocycles. The Kier molecular flexibility index (Phi) is 4.85. The van der Waals surface area contributed by atoms with Gasteiger partial charge in [0.2, 0.25) is 0 Å². The quantitative estimate of drug-likeness (QED) is 0.376. The second-order valence-electron chi connectivity index (χ2n) is 3.85. The lowest BCUT2D eigenvalue weighted by Gasteiger charge is -2.02. The summed E-state index contributed by atoms with van der Waals surface area (Å²) in [4.78, 5) is 22.8. The van der Waals surface area contributed by atoms with Gasteiger partial charge < -0.3 is 9.15 Å². The summed E-state index contributed by atoms with van der Waals surface area (Å²) in [5, 5.41) is 0.888. The van der Waals surface area contributed by atoms with Crippen molar-refractivity contribution in [3.05, 3.63) is 40.8 Å². The number of esters is 1. The van der Waals surface area contributed by atoms with Crippen LogP contribution in [0.25, 0.3) is 11.0 Å². The number of hydrogen-bond acceptors (Lipinski definition) is 5. The molecule has 1 heterocycles. The highest BCUT2D eigenvalue weighted by molar-refractivity contribution is 7.99. The van der Waals surface area contributed by atoms with Crippen molar-refractivity contribution < 1.29 is 13.9 Å². The summed E-state index contributed by atoms with van der Waals surface area (Å²) >= 11 is 1.45. The van der Waals surface area contributed by atoms with Crippen LogP contribution < -0.4 is 5.63 Å². The number of ether oxygens (including phenoxy) is 1. The van der Waals surface area contributed by atoms with E-state index in [0.717, 1.165) is 10.3 Å². The van der Waals surface area contributed by atoms with Crippen LogP contribution in [-0.4, -0.2) is 18.3 Å². The van der Waals surface area contributed by atoms with Crippen LogP contribution in [0.4, 0.5) is 0 Å². The molecular formula is C15H12O4S. The summed E-state index contributed by atoms with van der Waals surface area (Å²) < 4.78 is 9.81. The maximum absolute atomic E-state index is 11.4. The average molecular weight is 288 g/mol. The molecule has 0 radical (unpaired) electrons. The Labute approximate surface area is 120 Å². The second kappa shape index (κ2) is 6.83. The van der Waals surface area contributed by atoms with E-state index < -0.39 is 0 Å². The molecule has 20 heavy (non-hydrogen) atoms. The standard InChI is InChI=1S/C15H12O4S/c1-11(16)18-8-4-5-9-20-14-10-15(17)19-13-7-3-2-6-12(13)14/h2-3,6-7,10H,8-9H2,1H3. The molecule has 0 saturated carbocycles. The molecule has 2 rings (SSSR count). The molecule has 102 valence electrons. The van der Waals surface area contributed by atoms with Gasteiger partial charge in [0.1, 0.15) is 5.58 Å². The molecule has 1 aromatic heterocycles. The third-order valence-electron chi connectivity index (χ3n) is 2.38. The smallest absolute Gasteiger partial charge is 0.337 e. The van der Waals surface area contributed by atoms with Gasteiger partial charge in [0.05, 0.1) is 5.75 Å². The highest BCUT2D eigenvalue weighted by atomic mass is 32.2. The Balaban J connectivity index is 2.06. The van der Waals surface area contributed by atoms with E-state index in [9.17, 15) is 9.59 Å². The predicted molar refractivity (Wildman–Crippen MR) is 77.6 cm³/mol. The SMILES string of the molecule is CC(=O)OCC#CCSc1cc(=O)oc2ccccc12. The van der Waals surface area contributed by atoms with Crippen LogP contribution in [0, 0.1) is 11.8 Å². The van der Waals surface area contributed by atoms with Crippen LogP contribution in [-0.2, 0) is 9.53 Å². The molecule has 0 spiro atoms. The van der Waals surface area contributed by atoms with Gasteiger partial charge in [0.25, 0.3) is 0 Å². The topological polar surface area (TPSA) is 56.5 Å². The van der Waals surface area contributed by atoms with E-state index in [1.807, 2.05) is 18.2 Å². The number of carbonyl (C=O) groups excluding carboxylic acids is 1. The first kappa shape index (κ1) is 14.2. The van der Waals surface area contributed by atoms with E-state index in [4.69, 9.17) is 9.15 Å². The lowest BCUT2D eigenvalue weighted by atomic mass is 10.2. The van der Waals surface area contributed by atoms with Crippen molar-refractivity contribution in [2.24, 2.45) is 0 Å². The largest absolute Gasteiger partial charge is 0.453 e. The van der Waals surface area contributed by atoms with Crippen LogP contribution in [0.3, 0.4) is 0 Å². The first-order chi connectivity index (χ1) is 9.66. The predicted octanol–water partition coefficient (Wildman–Crippen LogP) is 2.45. The molecule has 0 aliphatic rings. The Morgan fingerprint density at radius 3 is 2.95 bits per heavy atom. The minimum Gasteiger partial charge on any atom is -0.453 e. The third-order valence-corrected chi connectivity index (χ3v) is 3.32. The van der Waals surface area contributed by atoms with Crippen molar-refractivity contribution in [3.63, 3.8) is 0 Å². The lowest BCUT2D eigenvalue weighted by molar-refractivity contribution is -0.139. The van der Waals surface area contributed by atoms with Crippen molar-refractivity contribution in [1.82, 2.24) is 0 Å². The molecule has 0 aliphatic heterocycles. The number of fused-ring (bicyclic) bond motifs is 1. The molecule has 0 N–H and O–H groups in total. The molecule has 5 heteroatoms. The molecular weight excluding hydrogens is 276 g/mol. The van der Waals surface area contributed by atoms with E-state index in [2.05, 4.69) is 11.8 Å². The van der Waals surface area contributed by atoms with Crippen LogP contribution in [0.1, 0.15) is 6.92 Å². The normalized spacial score (nSPS) is 9.85. The van der Waals surface area contributed by atoms with Crippen LogP contribution in [0.15, 0.2) is 44.4 Å². The second-order valence-corrected chi connectivity index (χ2v) is 4.87. The first-order valence-electron chi connectivity index (χ1n) is 5.91. The molecule has 2 aromatic rings. The van der Waals surface area contributed by atoms with Crippen molar-refractivity contribution in [3.8, 4) is 11.8 Å². The average Bonchev–Trinajstić information content (AvgIpc) is 2.42. The molecule has 0 bridgehead atoms. The number of rotatable bonds is 3. The molecule has 0 atom stereocenters. The summed E-state index contributed by atoms with van der Waals surface area (Å²) in [5.74, 6) is 5.77. The number of hydrogen-bond donors (Lipinski definition) is 0. The van der Waals surface area contributed by atoms with Gasteiger partial charge in [0.15, 0.2) is 6.61 Å². The van der Waals surface area contributed by atoms with Gasteiger partial charge in [0, 0.05) is 23.3 Å². The molecule has 0 unspecified atom stereocenters. The van der Waals surface area contributed by atoms with Gasteiger partial charge in [-0.05, 0) is 6.07 Å². The van der Waals surface area contributed by atoms with E-state index in [-0.39, 0.29) is 18.2 Å². The van der Waals surface area contributed by atoms with Crippen molar-refractivity contribution in [2.75, 3.05) is 12.4 Å². The van der Waals surface area contributed by atoms with Crippen molar-refractivity contribution in [1.29, 1.82) is 0 Å². The van der Waals surface area contributed by atoms with Gasteiger partial charge in [-0.15, -0.1) is 11.8 Å². The lowest BCUT2D eigenvalue weighted by Crippen LogP contribution is -1.98. The van der Waals surface area contributed by atoms with E-state index in [1.54, 1.807) is 6.07 Å². The summed E-state index contributed by atoms with van der Waals surface area (Å²) in [6, 6.07) is 8.82. The van der Waals surface area contributed by atoms with Crippen LogP contribution >= 0.6 is 11.8 Å². The van der Waals surface area contributed by atoms with Crippen molar-refractivity contribution in [2.45, 2.75) is 11.8 Å². The number of thioether (sulfide) groups is 1. The Morgan fingerprint density at radius 2 is 2.15 bits per heavy atom. The monoisotopic (exact) mass is 288 g/mol. The molecule has 0 aliphatic carbocycles. The zero-order valence-electron chi connectivity index (χ0n) is 10.8. The van der Waals surface area contributed by atoms with Crippen LogP contribution in [0.5, 0.6) is 0 Å². The zero-order chi connectivity index (χ0) is 14.4. The van der Waals surface area contributed by atoms with Gasteiger partial charge in [-0.25, -0.2) is 4.79 Å². The van der Waals surface area contributed by atoms with E-state index >= 15 is 0 Å². The first-order valence-corrected chi connectivity index (χ1v) is 6.90. The van der Waals surface area contributed by atoms with Crippen LogP contribution in [0.2, 0.25) is 0 Å². The van der Waals surface area contributed by atoms with Crippen molar-refractivity contribution >= 4 is 28.7 Å². The number of carbonyl (C=O) groups is 1. The molecule has 0 fully saturated rings. The Bertz CT molecular complexity index is 737. The zero-order valence-corrected chi connectivity index (χ0v) is 11.7. The third kappa shape index (κ3) is 3.90. The minimum atomic E-state index is -0.376. The van der Waals surface area contributed by atoms with Gasteiger partial charge in [-0.1, -0.05) is 30.0 Å². The molecule has 0 saturated heterocycles. The summed E-state index contributed by atoms with van der Waals surface area (Å²) in [6.07, 6.45) is 0. The Morgan fingerprint density at radius 1 is 1.35 bits per heavy atom. The molecule has 4 nitrogen and oxygen atoms in total. The van der Waals surface area contributed by atoms with E-state index in [0.29, 0.717) is 11.3 Å². The fourth-order valence-corrected chi connectivity index (χ4v) is 2.39. The Hall–Kier alpha value is -2.19. The van der Waals surface area contributed by atoms with Gasteiger partial charge >= 0.3 is 11.6 Å². The maximum atomic E-state index is 11.4. The summed E-state index contributed by atoms with van der Waals surface area (Å²) in [7, 11) is 0. The fourth-order valence-electron chi connectivity index (χ4n) is 1.55. The fraction of sp³-hybridized carbons (Fsp3) is 0.200. The van der Waals surface area contributed by atoms with Gasteiger partial charge in [-0.3, -0.25) is 4.79 Å². The van der Waals surface area contributed by atoms with Gasteiger partial charge in [-0.2, -0.15) is 0 Å². The highest BCUT2D eigenvalue weighted by Gasteiger charge is 2.04. The minimum absolute atomic E-state index is 0.0908. The summed E-state index contributed by atoms with van der Waals surface area (Å²) in [6.45, 7) is 1.43. The summed E-state index contributed by atoms with van der Waals surface area (Å²) in [5.41, 5.74) is 0.189. The molecule has 0 amide bonds. The highest BCUT2D eigenvalue weighted by Crippen LogP contribution is 2.25.